The van der Waals surface area contributed by atoms with Crippen molar-refractivity contribution in [1.29, 1.82) is 0 Å². The van der Waals surface area contributed by atoms with Crippen LogP contribution in [0.2, 0.25) is 0 Å². The third kappa shape index (κ3) is 3.27. The number of unbranched alkanes of at least 4 members (excludes halogenated alkanes) is 2. The van der Waals surface area contributed by atoms with Crippen molar-refractivity contribution in [1.82, 2.24) is 0 Å². The van der Waals surface area contributed by atoms with Gasteiger partial charge in [0.1, 0.15) is 0 Å². The van der Waals surface area contributed by atoms with E-state index in [1.807, 2.05) is 30.3 Å². The van der Waals surface area contributed by atoms with Crippen LogP contribution >= 0.6 is 0 Å². The van der Waals surface area contributed by atoms with Gasteiger partial charge in [-0.15, -0.1) is 0 Å². The fourth-order valence-electron chi connectivity index (χ4n) is 2.28. The minimum Gasteiger partial charge on any atom is -0.478 e. The number of benzene rings is 2. The molecule has 106 valence electrons. The van der Waals surface area contributed by atoms with Gasteiger partial charge >= 0.3 is 5.97 Å². The molecule has 2 aromatic rings. The van der Waals surface area contributed by atoms with Crippen molar-refractivity contribution in [3.8, 4) is 0 Å². The molecule has 4 heteroatoms. The van der Waals surface area contributed by atoms with Crippen LogP contribution in [0, 0.1) is 0 Å². The van der Waals surface area contributed by atoms with Gasteiger partial charge in [-0.25, -0.2) is 4.79 Å². The van der Waals surface area contributed by atoms with Crippen LogP contribution in [0.25, 0.3) is 10.8 Å². The van der Waals surface area contributed by atoms with Crippen LogP contribution in [0.1, 0.15) is 29.6 Å². The summed E-state index contributed by atoms with van der Waals surface area (Å²) >= 11 is 0. The van der Waals surface area contributed by atoms with E-state index in [0.29, 0.717) is 5.56 Å². The van der Waals surface area contributed by atoms with Gasteiger partial charge in [0.2, 0.25) is 0 Å². The van der Waals surface area contributed by atoms with E-state index < -0.39 is 5.97 Å². The number of aliphatic hydroxyl groups excluding tert-OH is 1. The smallest absolute Gasteiger partial charge is 0.336 e. The van der Waals surface area contributed by atoms with E-state index in [4.69, 9.17) is 5.11 Å². The first-order valence-corrected chi connectivity index (χ1v) is 6.84. The lowest BCUT2D eigenvalue weighted by Crippen LogP contribution is -2.04. The second kappa shape index (κ2) is 6.91. The second-order valence-electron chi connectivity index (χ2n) is 4.72. The highest BCUT2D eigenvalue weighted by Gasteiger charge is 2.10. The number of aliphatic hydroxyl groups is 1. The van der Waals surface area contributed by atoms with Crippen molar-refractivity contribution in [2.75, 3.05) is 18.5 Å². The summed E-state index contributed by atoms with van der Waals surface area (Å²) in [5.74, 6) is -0.907. The molecule has 0 fully saturated rings. The highest BCUT2D eigenvalue weighted by atomic mass is 16.4. The van der Waals surface area contributed by atoms with Crippen LogP contribution in [0.15, 0.2) is 36.4 Å². The predicted molar refractivity (Wildman–Crippen MR) is 80.3 cm³/mol. The number of aromatic carboxylic acids is 1. The van der Waals surface area contributed by atoms with Crippen LogP contribution in [0.5, 0.6) is 0 Å². The van der Waals surface area contributed by atoms with E-state index >= 15 is 0 Å². The Bertz CT molecular complexity index is 595. The van der Waals surface area contributed by atoms with Crippen molar-refractivity contribution in [2.24, 2.45) is 0 Å². The van der Waals surface area contributed by atoms with Gasteiger partial charge < -0.3 is 15.5 Å². The number of carboxylic acid groups (broad SMARTS) is 1. The van der Waals surface area contributed by atoms with E-state index in [1.165, 1.54) is 0 Å². The number of rotatable bonds is 7. The van der Waals surface area contributed by atoms with Crippen LogP contribution in [-0.4, -0.2) is 29.3 Å². The van der Waals surface area contributed by atoms with Gasteiger partial charge in [0.25, 0.3) is 0 Å². The Labute approximate surface area is 118 Å². The molecular formula is C16H19NO3. The Balaban J connectivity index is 2.18. The third-order valence-electron chi connectivity index (χ3n) is 3.30. The van der Waals surface area contributed by atoms with E-state index in [0.717, 1.165) is 42.3 Å². The first kappa shape index (κ1) is 14.3. The molecule has 3 N–H and O–H groups in total. The van der Waals surface area contributed by atoms with Crippen LogP contribution in [0.3, 0.4) is 0 Å². The van der Waals surface area contributed by atoms with Crippen molar-refractivity contribution in [3.63, 3.8) is 0 Å². The zero-order valence-electron chi connectivity index (χ0n) is 11.3. The fraction of sp³-hybridized carbons (Fsp3) is 0.312. The normalized spacial score (nSPS) is 10.7. The standard InChI is InChI=1S/C16H19NO3/c18-11-5-1-4-10-17-15-9-8-14(16(19)20)12-6-2-3-7-13(12)15/h2-3,6-9,17-18H,1,4-5,10-11H2,(H,19,20). The zero-order chi connectivity index (χ0) is 14.4. The van der Waals surface area contributed by atoms with Gasteiger partial charge in [0.15, 0.2) is 0 Å². The van der Waals surface area contributed by atoms with Gasteiger partial charge in [-0.1, -0.05) is 24.3 Å². The summed E-state index contributed by atoms with van der Waals surface area (Å²) in [6.45, 7) is 1.05. The fourth-order valence-corrected chi connectivity index (χ4v) is 2.28. The van der Waals surface area contributed by atoms with Gasteiger partial charge in [0, 0.05) is 24.2 Å². The highest BCUT2D eigenvalue weighted by Crippen LogP contribution is 2.26. The monoisotopic (exact) mass is 273 g/mol. The maximum atomic E-state index is 11.2. The minimum absolute atomic E-state index is 0.232. The summed E-state index contributed by atoms with van der Waals surface area (Å²) in [5, 5.41) is 22.9. The molecule has 0 bridgehead atoms. The molecule has 2 rings (SSSR count). The lowest BCUT2D eigenvalue weighted by molar-refractivity contribution is 0.0699. The molecule has 0 aliphatic carbocycles. The minimum atomic E-state index is -0.907. The van der Waals surface area contributed by atoms with E-state index in [-0.39, 0.29) is 6.61 Å². The molecule has 0 heterocycles. The number of nitrogens with one attached hydrogen (secondary N) is 1. The summed E-state index contributed by atoms with van der Waals surface area (Å²) in [6, 6.07) is 11.0. The SMILES string of the molecule is O=C(O)c1ccc(NCCCCCO)c2ccccc12. The lowest BCUT2D eigenvalue weighted by Gasteiger charge is -2.11. The second-order valence-corrected chi connectivity index (χ2v) is 4.72. The first-order valence-electron chi connectivity index (χ1n) is 6.84. The Hall–Kier alpha value is -2.07. The molecule has 20 heavy (non-hydrogen) atoms. The van der Waals surface area contributed by atoms with Gasteiger partial charge in [-0.05, 0) is 36.8 Å². The summed E-state index contributed by atoms with van der Waals surface area (Å²) in [4.78, 5) is 11.2. The Morgan fingerprint density at radius 2 is 1.75 bits per heavy atom. The molecule has 0 unspecified atom stereocenters. The summed E-state index contributed by atoms with van der Waals surface area (Å²) in [7, 11) is 0. The van der Waals surface area contributed by atoms with Crippen LogP contribution < -0.4 is 5.32 Å². The highest BCUT2D eigenvalue weighted by molar-refractivity contribution is 6.07. The maximum Gasteiger partial charge on any atom is 0.336 e. The number of fused-ring (bicyclic) bond motifs is 1. The number of carbonyl (C=O) groups is 1. The number of carboxylic acids is 1. The Kier molecular flexibility index (Phi) is 4.96. The largest absolute Gasteiger partial charge is 0.478 e. The summed E-state index contributed by atoms with van der Waals surface area (Å²) in [6.07, 6.45) is 2.78. The number of hydrogen-bond acceptors (Lipinski definition) is 3. The molecule has 0 saturated heterocycles. The van der Waals surface area contributed by atoms with E-state index in [2.05, 4.69) is 5.32 Å². The molecule has 0 aromatic heterocycles. The Morgan fingerprint density at radius 3 is 2.45 bits per heavy atom. The van der Waals surface area contributed by atoms with Gasteiger partial charge in [0.05, 0.1) is 5.56 Å². The van der Waals surface area contributed by atoms with Crippen LogP contribution in [0.4, 0.5) is 5.69 Å². The summed E-state index contributed by atoms with van der Waals surface area (Å²) in [5.41, 5.74) is 1.28. The van der Waals surface area contributed by atoms with E-state index in [1.54, 1.807) is 6.07 Å². The van der Waals surface area contributed by atoms with E-state index in [9.17, 15) is 9.90 Å². The third-order valence-corrected chi connectivity index (χ3v) is 3.30. The molecule has 0 spiro atoms. The van der Waals surface area contributed by atoms with Crippen molar-refractivity contribution in [2.45, 2.75) is 19.3 Å². The van der Waals surface area contributed by atoms with Crippen molar-refractivity contribution in [3.05, 3.63) is 42.0 Å². The predicted octanol–water partition coefficient (Wildman–Crippen LogP) is 3.11. The molecule has 4 nitrogen and oxygen atoms in total. The lowest BCUT2D eigenvalue weighted by atomic mass is 10.0. The van der Waals surface area contributed by atoms with Crippen LogP contribution in [-0.2, 0) is 0 Å². The average Bonchev–Trinajstić information content (AvgIpc) is 2.46. The van der Waals surface area contributed by atoms with Gasteiger partial charge in [-0.3, -0.25) is 0 Å². The molecule has 2 aromatic carbocycles. The maximum absolute atomic E-state index is 11.2. The van der Waals surface area contributed by atoms with Crippen molar-refractivity contribution < 1.29 is 15.0 Å². The molecule has 0 aliphatic rings. The molecule has 0 amide bonds. The molecule has 0 radical (unpaired) electrons. The molecular weight excluding hydrogens is 254 g/mol. The number of hydrogen-bond donors (Lipinski definition) is 3. The number of anilines is 1. The topological polar surface area (TPSA) is 69.6 Å². The zero-order valence-corrected chi connectivity index (χ0v) is 11.3. The first-order chi connectivity index (χ1) is 9.74. The van der Waals surface area contributed by atoms with Crippen molar-refractivity contribution >= 4 is 22.4 Å². The average molecular weight is 273 g/mol. The van der Waals surface area contributed by atoms with Gasteiger partial charge in [-0.2, -0.15) is 0 Å². The Morgan fingerprint density at radius 1 is 1.00 bits per heavy atom. The molecule has 0 atom stereocenters. The quantitative estimate of drug-likeness (QED) is 0.678. The molecule has 0 saturated carbocycles. The molecule has 0 aliphatic heterocycles. The summed E-state index contributed by atoms with van der Waals surface area (Å²) < 4.78 is 0.